The molecule has 11 heteroatoms. The summed E-state index contributed by atoms with van der Waals surface area (Å²) in [5.41, 5.74) is 1.25. The zero-order chi connectivity index (χ0) is 34.9. The number of rotatable bonds is 22. The first-order valence-corrected chi connectivity index (χ1v) is 19.5. The van der Waals surface area contributed by atoms with Crippen molar-refractivity contribution < 1.29 is 22.5 Å². The van der Waals surface area contributed by atoms with Crippen molar-refractivity contribution in [1.82, 2.24) is 0 Å². The molecule has 264 valence electrons. The summed E-state index contributed by atoms with van der Waals surface area (Å²) in [4.78, 5) is 13.2. The minimum atomic E-state index is -4.70. The van der Waals surface area contributed by atoms with Crippen molar-refractivity contribution in [1.29, 1.82) is 0 Å². The molecule has 1 heterocycles. The first-order chi connectivity index (χ1) is 23.8. The van der Waals surface area contributed by atoms with Crippen LogP contribution in [0.1, 0.15) is 110 Å². The second kappa shape index (κ2) is 20.2. The van der Waals surface area contributed by atoms with Gasteiger partial charge in [0.05, 0.1) is 17.1 Å². The van der Waals surface area contributed by atoms with Crippen LogP contribution in [0.2, 0.25) is 5.02 Å². The number of azo groups is 1. The van der Waals surface area contributed by atoms with Crippen LogP contribution < -0.4 is 9.75 Å². The van der Waals surface area contributed by atoms with Gasteiger partial charge in [-0.3, -0.25) is 9.35 Å². The molecule has 0 unspecified atom stereocenters. The third kappa shape index (κ3) is 12.7. The first-order valence-electron chi connectivity index (χ1n) is 17.7. The Balaban J connectivity index is 1.35. The third-order valence-electron chi connectivity index (χ3n) is 8.56. The van der Waals surface area contributed by atoms with E-state index in [-0.39, 0.29) is 11.4 Å². The van der Waals surface area contributed by atoms with E-state index >= 15 is 0 Å². The molecule has 1 N–H and O–H groups in total. The molecule has 1 atom stereocenters. The number of para-hydroxylation sites is 1. The van der Waals surface area contributed by atoms with Crippen molar-refractivity contribution in [3.8, 4) is 11.5 Å². The number of hydrogen-bond acceptors (Lipinski definition) is 7. The lowest BCUT2D eigenvalue weighted by atomic mass is 10.0. The highest BCUT2D eigenvalue weighted by atomic mass is 35.5. The van der Waals surface area contributed by atoms with Gasteiger partial charge in [-0.15, -0.1) is 0 Å². The highest BCUT2D eigenvalue weighted by Crippen LogP contribution is 2.34. The highest BCUT2D eigenvalue weighted by Gasteiger charge is 2.37. The highest BCUT2D eigenvalue weighted by molar-refractivity contribution is 7.86. The molecule has 9 nitrogen and oxygen atoms in total. The van der Waals surface area contributed by atoms with Crippen LogP contribution in [0.5, 0.6) is 11.5 Å². The zero-order valence-corrected chi connectivity index (χ0v) is 30.0. The predicted molar refractivity (Wildman–Crippen MR) is 197 cm³/mol. The van der Waals surface area contributed by atoms with Gasteiger partial charge in [0.15, 0.2) is 6.04 Å². The van der Waals surface area contributed by atoms with E-state index in [2.05, 4.69) is 22.3 Å². The van der Waals surface area contributed by atoms with E-state index in [9.17, 15) is 17.8 Å². The van der Waals surface area contributed by atoms with Gasteiger partial charge in [-0.25, -0.2) is 0 Å². The van der Waals surface area contributed by atoms with Gasteiger partial charge in [0, 0.05) is 5.02 Å². The van der Waals surface area contributed by atoms with E-state index in [1.54, 1.807) is 54.6 Å². The third-order valence-corrected chi connectivity index (χ3v) is 9.69. The summed E-state index contributed by atoms with van der Waals surface area (Å²) in [7, 11) is -4.70. The molecule has 3 aromatic rings. The lowest BCUT2D eigenvalue weighted by molar-refractivity contribution is -0.117. The molecule has 1 amide bonds. The maximum absolute atomic E-state index is 13.7. The Labute approximate surface area is 296 Å². The smallest absolute Gasteiger partial charge is 0.298 e. The number of carbonyl (C=O) groups is 1. The van der Waals surface area contributed by atoms with Crippen molar-refractivity contribution >= 4 is 44.7 Å². The number of ether oxygens (including phenoxy) is 1. The van der Waals surface area contributed by atoms with Crippen LogP contribution in [0.3, 0.4) is 0 Å². The molecule has 3 aromatic carbocycles. The van der Waals surface area contributed by atoms with Crippen LogP contribution in [-0.2, 0) is 14.9 Å². The van der Waals surface area contributed by atoms with Gasteiger partial charge >= 0.3 is 0 Å². The van der Waals surface area contributed by atoms with Gasteiger partial charge in [0.1, 0.15) is 16.4 Å². The summed E-state index contributed by atoms with van der Waals surface area (Å²) in [5.74, 6) is -0.152. The molecule has 1 aliphatic heterocycles. The molecule has 4 rings (SSSR count). The second-order valence-electron chi connectivity index (χ2n) is 12.6. The molecule has 0 radical (unpaired) electrons. The van der Waals surface area contributed by atoms with E-state index in [0.29, 0.717) is 28.6 Å². The second-order valence-corrected chi connectivity index (χ2v) is 14.4. The molecule has 0 saturated heterocycles. The number of unbranched alkanes of at least 4 members (excludes halogenated alkanes) is 14. The van der Waals surface area contributed by atoms with Crippen molar-refractivity contribution in [2.75, 3.05) is 5.01 Å². The Kier molecular flexibility index (Phi) is 15.7. The molecular weight excluding hydrogens is 660 g/mol. The number of hydrogen-bond donors (Lipinski definition) is 1. The number of anilines is 1. The molecule has 0 aromatic heterocycles. The van der Waals surface area contributed by atoms with E-state index < -0.39 is 27.0 Å². The van der Waals surface area contributed by atoms with Crippen LogP contribution in [0.15, 0.2) is 93.0 Å². The van der Waals surface area contributed by atoms with Crippen molar-refractivity contribution in [3.05, 3.63) is 77.8 Å². The molecule has 0 saturated carbocycles. The topological polar surface area (TPSA) is 121 Å². The Morgan fingerprint density at radius 2 is 1.37 bits per heavy atom. The van der Waals surface area contributed by atoms with Gasteiger partial charge < -0.3 is 4.74 Å². The molecule has 0 aliphatic carbocycles. The van der Waals surface area contributed by atoms with Gasteiger partial charge in [-0.2, -0.15) is 28.8 Å². The number of hydrazone groups is 1. The summed E-state index contributed by atoms with van der Waals surface area (Å²) >= 11 is 6.01. The summed E-state index contributed by atoms with van der Waals surface area (Å²) in [6.45, 7) is 2.26. The molecular formula is C38H49ClN4O5S. The van der Waals surface area contributed by atoms with Crippen LogP contribution >= 0.6 is 11.6 Å². The minimum Gasteiger partial charge on any atom is -0.456 e. The zero-order valence-electron chi connectivity index (χ0n) is 28.5. The maximum atomic E-state index is 13.7. The van der Waals surface area contributed by atoms with Gasteiger partial charge in [-0.05, 0) is 67.4 Å². The monoisotopic (exact) mass is 708 g/mol. The lowest BCUT2D eigenvalue weighted by Gasteiger charge is -2.15. The number of amides is 1. The normalized spacial score (nSPS) is 14.9. The summed E-state index contributed by atoms with van der Waals surface area (Å²) in [5, 5.41) is 14.9. The fourth-order valence-corrected chi connectivity index (χ4v) is 6.58. The quantitative estimate of drug-likeness (QED) is 0.0632. The fourth-order valence-electron chi connectivity index (χ4n) is 5.82. The molecule has 0 fully saturated rings. The Hall–Kier alpha value is -3.60. The van der Waals surface area contributed by atoms with Crippen molar-refractivity contribution in [2.24, 2.45) is 15.3 Å². The predicted octanol–water partition coefficient (Wildman–Crippen LogP) is 11.5. The van der Waals surface area contributed by atoms with E-state index in [0.717, 1.165) is 24.3 Å². The van der Waals surface area contributed by atoms with E-state index in [1.807, 2.05) is 0 Å². The number of carbonyl (C=O) groups excluding carboxylic acids is 1. The minimum absolute atomic E-state index is 0.0786. The molecule has 49 heavy (non-hydrogen) atoms. The standard InChI is InChI=1S/C38H49ClN4O5S/c1-2-3-4-5-6-7-8-9-10-11-12-13-14-15-19-22-34-37(41-40-31-25-23-30(39)24-26-31)38(44)43(42-34)32-27-28-35(36(29-32)49(45,46)47)48-33-20-17-16-18-21-33/h16-18,20-21,23-29,37H,2-15,19,22H2,1H3,(H,45,46,47)/t37-/m0/s1. The average Bonchev–Trinajstić information content (AvgIpc) is 3.40. The Morgan fingerprint density at radius 1 is 0.796 bits per heavy atom. The Morgan fingerprint density at radius 3 is 1.94 bits per heavy atom. The summed E-state index contributed by atoms with van der Waals surface area (Å²) in [6.07, 6.45) is 19.4. The average molecular weight is 709 g/mol. The van der Waals surface area contributed by atoms with Crippen molar-refractivity contribution in [3.63, 3.8) is 0 Å². The summed E-state index contributed by atoms with van der Waals surface area (Å²) in [6, 6.07) is 18.6. The van der Waals surface area contributed by atoms with Crippen LogP contribution in [0.25, 0.3) is 0 Å². The van der Waals surface area contributed by atoms with E-state index in [1.165, 1.54) is 95.2 Å². The van der Waals surface area contributed by atoms with Crippen LogP contribution in [0, 0.1) is 0 Å². The van der Waals surface area contributed by atoms with E-state index in [4.69, 9.17) is 16.3 Å². The molecule has 0 spiro atoms. The SMILES string of the molecule is CCCCCCCCCCCCCCCCCC1=NN(c2ccc(Oc3ccccc3)c(S(=O)(=O)O)c2)C(=O)[C@H]1N=Nc1ccc(Cl)cc1. The van der Waals surface area contributed by atoms with Gasteiger partial charge in [-0.1, -0.05) is 127 Å². The van der Waals surface area contributed by atoms with Crippen LogP contribution in [-0.4, -0.2) is 30.6 Å². The lowest BCUT2D eigenvalue weighted by Crippen LogP contribution is -2.30. The number of halogens is 1. The van der Waals surface area contributed by atoms with Gasteiger partial charge in [0.2, 0.25) is 0 Å². The maximum Gasteiger partial charge on any atom is 0.298 e. The summed E-state index contributed by atoms with van der Waals surface area (Å²) < 4.78 is 40.5. The van der Waals surface area contributed by atoms with Crippen LogP contribution in [0.4, 0.5) is 11.4 Å². The van der Waals surface area contributed by atoms with Gasteiger partial charge in [0.25, 0.3) is 16.0 Å². The number of nitrogens with zero attached hydrogens (tertiary/aromatic N) is 4. The largest absolute Gasteiger partial charge is 0.456 e. The molecule has 0 bridgehead atoms. The fraction of sp³-hybridized carbons (Fsp3) is 0.474. The first kappa shape index (κ1) is 38.2. The molecule has 1 aliphatic rings. The number of benzene rings is 3. The van der Waals surface area contributed by atoms with Crippen molar-refractivity contribution in [2.45, 2.75) is 121 Å². The Bertz CT molecular complexity index is 1630.